The maximum absolute atomic E-state index is 12.4. The first-order valence-corrected chi connectivity index (χ1v) is 8.71. The van der Waals surface area contributed by atoms with Crippen molar-refractivity contribution >= 4 is 34.0 Å². The lowest BCUT2D eigenvalue weighted by molar-refractivity contribution is -0.122. The summed E-state index contributed by atoms with van der Waals surface area (Å²) in [7, 11) is 0. The summed E-state index contributed by atoms with van der Waals surface area (Å²) in [6.07, 6.45) is 0.191. The molecule has 7 heteroatoms. The van der Waals surface area contributed by atoms with Gasteiger partial charge in [0.1, 0.15) is 5.75 Å². The van der Waals surface area contributed by atoms with Crippen LogP contribution in [0.15, 0.2) is 29.6 Å². The van der Waals surface area contributed by atoms with Crippen LogP contribution in [0.3, 0.4) is 0 Å². The number of carbonyl (C=O) groups is 2. The van der Waals surface area contributed by atoms with E-state index in [9.17, 15) is 9.59 Å². The number of anilines is 2. The summed E-state index contributed by atoms with van der Waals surface area (Å²) in [6, 6.07) is 7.39. The van der Waals surface area contributed by atoms with E-state index in [1.54, 1.807) is 4.90 Å². The van der Waals surface area contributed by atoms with Crippen molar-refractivity contribution in [3.63, 3.8) is 0 Å². The van der Waals surface area contributed by atoms with E-state index in [-0.39, 0.29) is 18.2 Å². The molecule has 3 rings (SSSR count). The highest BCUT2D eigenvalue weighted by atomic mass is 32.1. The van der Waals surface area contributed by atoms with Crippen molar-refractivity contribution < 1.29 is 14.3 Å². The van der Waals surface area contributed by atoms with E-state index in [1.165, 1.54) is 11.3 Å². The van der Waals surface area contributed by atoms with Gasteiger partial charge in [0.15, 0.2) is 5.13 Å². The number of aryl methyl sites for hydroxylation is 1. The minimum atomic E-state index is -0.392. The summed E-state index contributed by atoms with van der Waals surface area (Å²) in [4.78, 5) is 30.6. The Morgan fingerprint density at radius 2 is 2.25 bits per heavy atom. The number of rotatable bonds is 5. The number of amides is 2. The maximum atomic E-state index is 12.4. The highest BCUT2D eigenvalue weighted by molar-refractivity contribution is 7.13. The Hall–Kier alpha value is -2.41. The molecule has 1 aliphatic rings. The molecule has 0 aliphatic carbocycles. The van der Waals surface area contributed by atoms with Gasteiger partial charge in [-0.3, -0.25) is 9.59 Å². The first-order valence-electron chi connectivity index (χ1n) is 7.83. The van der Waals surface area contributed by atoms with Gasteiger partial charge in [-0.15, -0.1) is 11.3 Å². The average Bonchev–Trinajstić information content (AvgIpc) is 3.14. The van der Waals surface area contributed by atoms with E-state index in [0.717, 1.165) is 5.69 Å². The van der Waals surface area contributed by atoms with Gasteiger partial charge in [0.25, 0.3) is 0 Å². The molecule has 1 N–H and O–H groups in total. The van der Waals surface area contributed by atoms with Crippen molar-refractivity contribution in [2.24, 2.45) is 5.92 Å². The largest absolute Gasteiger partial charge is 0.492 e. The molecule has 0 unspecified atom stereocenters. The molecule has 1 aromatic heterocycles. The quantitative estimate of drug-likeness (QED) is 0.904. The van der Waals surface area contributed by atoms with Crippen molar-refractivity contribution in [2.45, 2.75) is 20.3 Å². The molecule has 2 heterocycles. The molecular weight excluding hydrogens is 326 g/mol. The number of hydrogen-bond acceptors (Lipinski definition) is 5. The van der Waals surface area contributed by atoms with Gasteiger partial charge in [-0.2, -0.15) is 0 Å². The lowest BCUT2D eigenvalue weighted by Crippen LogP contribution is -2.28. The topological polar surface area (TPSA) is 71.5 Å². The molecule has 1 atom stereocenters. The Labute approximate surface area is 144 Å². The number of aromatic nitrogens is 1. The van der Waals surface area contributed by atoms with Crippen LogP contribution in [0.4, 0.5) is 10.8 Å². The number of ether oxygens (including phenoxy) is 1. The Bertz CT molecular complexity index is 759. The van der Waals surface area contributed by atoms with Gasteiger partial charge >= 0.3 is 0 Å². The molecule has 0 saturated carbocycles. The van der Waals surface area contributed by atoms with Gasteiger partial charge in [-0.05, 0) is 26.0 Å². The van der Waals surface area contributed by atoms with Crippen LogP contribution in [-0.4, -0.2) is 29.9 Å². The smallest absolute Gasteiger partial charge is 0.231 e. The Balaban J connectivity index is 1.73. The number of thiazole rings is 1. The van der Waals surface area contributed by atoms with Crippen molar-refractivity contribution in [3.8, 4) is 5.75 Å². The molecule has 0 bridgehead atoms. The summed E-state index contributed by atoms with van der Waals surface area (Å²) in [5.41, 5.74) is 1.58. The fourth-order valence-corrected chi connectivity index (χ4v) is 3.38. The van der Waals surface area contributed by atoms with Gasteiger partial charge in [0.2, 0.25) is 11.8 Å². The van der Waals surface area contributed by atoms with Crippen molar-refractivity contribution in [1.82, 2.24) is 4.98 Å². The van der Waals surface area contributed by atoms with Crippen molar-refractivity contribution in [3.05, 3.63) is 35.3 Å². The monoisotopic (exact) mass is 345 g/mol. The van der Waals surface area contributed by atoms with E-state index in [2.05, 4.69) is 10.3 Å². The molecule has 126 valence electrons. The summed E-state index contributed by atoms with van der Waals surface area (Å²) < 4.78 is 5.59. The molecule has 6 nitrogen and oxygen atoms in total. The molecule has 2 amide bonds. The zero-order chi connectivity index (χ0) is 17.1. The van der Waals surface area contributed by atoms with Gasteiger partial charge in [0.05, 0.1) is 23.9 Å². The third kappa shape index (κ3) is 3.41. The van der Waals surface area contributed by atoms with E-state index < -0.39 is 5.92 Å². The number of nitrogens with one attached hydrogen (secondary N) is 1. The van der Waals surface area contributed by atoms with Crippen molar-refractivity contribution in [1.29, 1.82) is 0 Å². The van der Waals surface area contributed by atoms with Gasteiger partial charge in [-0.25, -0.2) is 4.98 Å². The molecule has 0 spiro atoms. The molecule has 24 heavy (non-hydrogen) atoms. The predicted octanol–water partition coefficient (Wildman–Crippen LogP) is 2.84. The van der Waals surface area contributed by atoms with Crippen LogP contribution in [0.25, 0.3) is 0 Å². The highest BCUT2D eigenvalue weighted by Gasteiger charge is 2.36. The van der Waals surface area contributed by atoms with Crippen LogP contribution in [0.5, 0.6) is 5.75 Å². The summed E-state index contributed by atoms with van der Waals surface area (Å²) in [5, 5.41) is 5.24. The zero-order valence-corrected chi connectivity index (χ0v) is 14.4. The van der Waals surface area contributed by atoms with Crippen LogP contribution < -0.4 is 15.0 Å². The third-order valence-electron chi connectivity index (χ3n) is 3.80. The Kier molecular flexibility index (Phi) is 4.80. The fourth-order valence-electron chi connectivity index (χ4n) is 2.69. The number of para-hydroxylation sites is 2. The summed E-state index contributed by atoms with van der Waals surface area (Å²) in [5.74, 6) is 0.0214. The van der Waals surface area contributed by atoms with Crippen LogP contribution in [-0.2, 0) is 9.59 Å². The second-order valence-electron chi connectivity index (χ2n) is 5.59. The van der Waals surface area contributed by atoms with Gasteiger partial charge < -0.3 is 15.0 Å². The number of nitrogens with zero attached hydrogens (tertiary/aromatic N) is 2. The lowest BCUT2D eigenvalue weighted by Gasteiger charge is -2.20. The van der Waals surface area contributed by atoms with Crippen LogP contribution >= 0.6 is 11.3 Å². The lowest BCUT2D eigenvalue weighted by atomic mass is 10.1. The van der Waals surface area contributed by atoms with E-state index in [1.807, 2.05) is 43.5 Å². The fraction of sp³-hybridized carbons (Fsp3) is 0.353. The molecule has 1 aromatic carbocycles. The van der Waals surface area contributed by atoms with E-state index >= 15 is 0 Å². The predicted molar refractivity (Wildman–Crippen MR) is 93.6 cm³/mol. The molecular formula is C17H19N3O3S. The highest BCUT2D eigenvalue weighted by Crippen LogP contribution is 2.33. The molecule has 1 aliphatic heterocycles. The second-order valence-corrected chi connectivity index (χ2v) is 6.45. The standard InChI is InChI=1S/C17H19N3O3S/c1-3-23-14-7-5-4-6-13(14)20-9-12(8-15(20)21)16(22)19-17-18-11(2)10-24-17/h4-7,10,12H,3,8-9H2,1-2H3,(H,18,19,22)/t12-/m0/s1. The van der Waals surface area contributed by atoms with E-state index in [0.29, 0.717) is 29.7 Å². The molecule has 1 saturated heterocycles. The number of hydrogen-bond donors (Lipinski definition) is 1. The summed E-state index contributed by atoms with van der Waals surface area (Å²) in [6.45, 7) is 4.64. The molecule has 1 fully saturated rings. The molecule has 0 radical (unpaired) electrons. The first-order chi connectivity index (χ1) is 11.6. The van der Waals surface area contributed by atoms with Crippen LogP contribution in [0.1, 0.15) is 19.0 Å². The average molecular weight is 345 g/mol. The van der Waals surface area contributed by atoms with Crippen LogP contribution in [0.2, 0.25) is 0 Å². The van der Waals surface area contributed by atoms with Crippen molar-refractivity contribution in [2.75, 3.05) is 23.4 Å². The molecule has 2 aromatic rings. The second kappa shape index (κ2) is 7.00. The number of benzene rings is 1. The first kappa shape index (κ1) is 16.4. The zero-order valence-electron chi connectivity index (χ0n) is 13.6. The normalized spacial score (nSPS) is 17.2. The Morgan fingerprint density at radius 1 is 1.46 bits per heavy atom. The van der Waals surface area contributed by atoms with E-state index in [4.69, 9.17) is 4.74 Å². The number of carbonyl (C=O) groups excluding carboxylic acids is 2. The third-order valence-corrected chi connectivity index (χ3v) is 4.68. The Morgan fingerprint density at radius 3 is 2.96 bits per heavy atom. The minimum Gasteiger partial charge on any atom is -0.492 e. The van der Waals surface area contributed by atoms with Crippen LogP contribution in [0, 0.1) is 12.8 Å². The van der Waals surface area contributed by atoms with Gasteiger partial charge in [0, 0.05) is 18.3 Å². The summed E-state index contributed by atoms with van der Waals surface area (Å²) >= 11 is 1.38. The van der Waals surface area contributed by atoms with Gasteiger partial charge in [-0.1, -0.05) is 12.1 Å². The maximum Gasteiger partial charge on any atom is 0.231 e. The SMILES string of the molecule is CCOc1ccccc1N1C[C@@H](C(=O)Nc2nc(C)cs2)CC1=O. The minimum absolute atomic E-state index is 0.0716.